The molecule has 2 rings (SSSR count). The lowest BCUT2D eigenvalue weighted by Crippen LogP contribution is -2.39. The number of nitrogens with one attached hydrogen (secondary N) is 2. The average molecular weight is 362 g/mol. The highest BCUT2D eigenvalue weighted by Gasteiger charge is 2.09. The van der Waals surface area contributed by atoms with Crippen molar-refractivity contribution in [3.05, 3.63) is 45.4 Å². The minimum absolute atomic E-state index is 0.374. The molecule has 2 aromatic rings. The molecule has 0 aliphatic rings. The van der Waals surface area contributed by atoms with Crippen molar-refractivity contribution >= 4 is 17.3 Å². The lowest BCUT2D eigenvalue weighted by Gasteiger charge is -2.15. The number of aliphatic hydroxyl groups excluding tert-OH is 1. The van der Waals surface area contributed by atoms with Crippen molar-refractivity contribution in [3.8, 4) is 5.75 Å². The molecule has 1 atom stereocenters. The summed E-state index contributed by atoms with van der Waals surface area (Å²) in [6.45, 7) is 7.72. The van der Waals surface area contributed by atoms with E-state index in [1.807, 2.05) is 45.0 Å². The number of aliphatic imine (C=N–C) groups is 1. The number of methoxy groups -OCH3 is 1. The van der Waals surface area contributed by atoms with Gasteiger partial charge in [0.15, 0.2) is 5.96 Å². The van der Waals surface area contributed by atoms with Crippen LogP contribution in [0.25, 0.3) is 0 Å². The van der Waals surface area contributed by atoms with Gasteiger partial charge in [-0.15, -0.1) is 11.3 Å². The van der Waals surface area contributed by atoms with Crippen LogP contribution in [0.4, 0.5) is 0 Å². The zero-order chi connectivity index (χ0) is 18.2. The van der Waals surface area contributed by atoms with Crippen LogP contribution in [0.2, 0.25) is 0 Å². The van der Waals surface area contributed by atoms with Crippen LogP contribution in [0.1, 0.15) is 34.2 Å². The van der Waals surface area contributed by atoms with E-state index < -0.39 is 6.10 Å². The summed E-state index contributed by atoms with van der Waals surface area (Å²) < 4.78 is 5.13. The Morgan fingerprint density at radius 3 is 2.56 bits per heavy atom. The standard InChI is InChI=1S/C18H26N4O2S/c1-5-19-18(21-11-17-12(2)22-13(3)25-17)20-10-16(23)14-6-8-15(24-4)9-7-14/h6-9,16,23H,5,10-11H2,1-4H3,(H2,19,20,21). The van der Waals surface area contributed by atoms with Gasteiger partial charge in [-0.05, 0) is 38.5 Å². The van der Waals surface area contributed by atoms with Crippen molar-refractivity contribution in [3.63, 3.8) is 0 Å². The molecule has 0 aliphatic heterocycles. The fraction of sp³-hybridized carbons (Fsp3) is 0.444. The number of guanidine groups is 1. The first-order valence-corrected chi connectivity index (χ1v) is 9.12. The van der Waals surface area contributed by atoms with Gasteiger partial charge in [0, 0.05) is 18.0 Å². The number of aliphatic hydroxyl groups is 1. The van der Waals surface area contributed by atoms with Crippen molar-refractivity contribution in [2.75, 3.05) is 20.2 Å². The van der Waals surface area contributed by atoms with E-state index in [4.69, 9.17) is 4.74 Å². The van der Waals surface area contributed by atoms with Gasteiger partial charge in [0.05, 0.1) is 30.5 Å². The first kappa shape index (κ1) is 19.2. The van der Waals surface area contributed by atoms with Gasteiger partial charge in [0.1, 0.15) is 5.75 Å². The molecule has 3 N–H and O–H groups in total. The van der Waals surface area contributed by atoms with Crippen LogP contribution in [0.5, 0.6) is 5.75 Å². The number of aromatic nitrogens is 1. The first-order chi connectivity index (χ1) is 12.0. The molecule has 1 aromatic carbocycles. The molecule has 0 spiro atoms. The van der Waals surface area contributed by atoms with Crippen molar-refractivity contribution < 1.29 is 9.84 Å². The second kappa shape index (κ2) is 9.39. The summed E-state index contributed by atoms with van der Waals surface area (Å²) in [6.07, 6.45) is -0.623. The molecule has 1 unspecified atom stereocenters. The SMILES string of the molecule is CCNC(=NCc1sc(C)nc1C)NCC(O)c1ccc(OC)cc1. The van der Waals surface area contributed by atoms with Crippen molar-refractivity contribution in [1.82, 2.24) is 15.6 Å². The number of rotatable bonds is 7. The summed E-state index contributed by atoms with van der Waals surface area (Å²) in [6, 6.07) is 7.40. The van der Waals surface area contributed by atoms with Crippen LogP contribution in [0, 0.1) is 13.8 Å². The predicted molar refractivity (Wildman–Crippen MR) is 102 cm³/mol. The molecule has 25 heavy (non-hydrogen) atoms. The maximum Gasteiger partial charge on any atom is 0.191 e. The summed E-state index contributed by atoms with van der Waals surface area (Å²) in [7, 11) is 1.62. The lowest BCUT2D eigenvalue weighted by atomic mass is 10.1. The summed E-state index contributed by atoms with van der Waals surface area (Å²) in [4.78, 5) is 10.2. The van der Waals surface area contributed by atoms with E-state index in [1.54, 1.807) is 18.4 Å². The molecular weight excluding hydrogens is 336 g/mol. The van der Waals surface area contributed by atoms with Crippen molar-refractivity contribution in [2.45, 2.75) is 33.4 Å². The third kappa shape index (κ3) is 5.72. The molecule has 0 bridgehead atoms. The van der Waals surface area contributed by atoms with Crippen LogP contribution in [-0.2, 0) is 6.54 Å². The molecule has 0 saturated carbocycles. The minimum atomic E-state index is -0.623. The Morgan fingerprint density at radius 2 is 2.00 bits per heavy atom. The van der Waals surface area contributed by atoms with E-state index >= 15 is 0 Å². The molecule has 0 amide bonds. The van der Waals surface area contributed by atoms with E-state index in [0.717, 1.165) is 33.4 Å². The topological polar surface area (TPSA) is 78.8 Å². The van der Waals surface area contributed by atoms with Crippen LogP contribution >= 0.6 is 11.3 Å². The highest BCUT2D eigenvalue weighted by molar-refractivity contribution is 7.11. The molecule has 0 radical (unpaired) electrons. The number of thiazole rings is 1. The maximum atomic E-state index is 10.3. The second-order valence-corrected chi connectivity index (χ2v) is 6.89. The van der Waals surface area contributed by atoms with Gasteiger partial charge in [-0.1, -0.05) is 12.1 Å². The fourth-order valence-electron chi connectivity index (χ4n) is 2.35. The minimum Gasteiger partial charge on any atom is -0.497 e. The highest BCUT2D eigenvalue weighted by atomic mass is 32.1. The highest BCUT2D eigenvalue weighted by Crippen LogP contribution is 2.18. The van der Waals surface area contributed by atoms with Gasteiger partial charge in [-0.3, -0.25) is 0 Å². The number of nitrogens with zero attached hydrogens (tertiary/aromatic N) is 2. The Hall–Kier alpha value is -2.12. The third-order valence-corrected chi connectivity index (χ3v) is 4.75. The van der Waals surface area contributed by atoms with Crippen LogP contribution < -0.4 is 15.4 Å². The van der Waals surface area contributed by atoms with Gasteiger partial charge in [0.2, 0.25) is 0 Å². The smallest absolute Gasteiger partial charge is 0.191 e. The normalized spacial score (nSPS) is 12.8. The largest absolute Gasteiger partial charge is 0.497 e. The Morgan fingerprint density at radius 1 is 1.28 bits per heavy atom. The van der Waals surface area contributed by atoms with Crippen molar-refractivity contribution in [2.24, 2.45) is 4.99 Å². The number of hydrogen-bond acceptors (Lipinski definition) is 5. The van der Waals surface area contributed by atoms with Crippen molar-refractivity contribution in [1.29, 1.82) is 0 Å². The molecule has 0 saturated heterocycles. The Balaban J connectivity index is 1.95. The summed E-state index contributed by atoms with van der Waals surface area (Å²) in [5.41, 5.74) is 1.86. The van der Waals surface area contributed by atoms with E-state index in [9.17, 15) is 5.11 Å². The van der Waals surface area contributed by atoms with Gasteiger partial charge in [-0.25, -0.2) is 9.98 Å². The van der Waals surface area contributed by atoms with E-state index in [-0.39, 0.29) is 0 Å². The summed E-state index contributed by atoms with van der Waals surface area (Å²) >= 11 is 1.66. The molecule has 6 nitrogen and oxygen atoms in total. The summed E-state index contributed by atoms with van der Waals surface area (Å²) in [5, 5.41) is 17.8. The van der Waals surface area contributed by atoms with Gasteiger partial charge < -0.3 is 20.5 Å². The summed E-state index contributed by atoms with van der Waals surface area (Å²) in [5.74, 6) is 1.45. The quantitative estimate of drug-likeness (QED) is 0.521. The molecular formula is C18H26N4O2S. The van der Waals surface area contributed by atoms with Crippen LogP contribution in [0.15, 0.2) is 29.3 Å². The molecule has 0 fully saturated rings. The van der Waals surface area contributed by atoms with Gasteiger partial charge >= 0.3 is 0 Å². The van der Waals surface area contributed by atoms with E-state index in [0.29, 0.717) is 19.0 Å². The molecule has 7 heteroatoms. The molecule has 1 heterocycles. The Kier molecular flexibility index (Phi) is 7.21. The van der Waals surface area contributed by atoms with Gasteiger partial charge in [0.25, 0.3) is 0 Å². The second-order valence-electron chi connectivity index (χ2n) is 5.61. The molecule has 136 valence electrons. The third-order valence-electron chi connectivity index (χ3n) is 3.69. The Bertz CT molecular complexity index is 698. The predicted octanol–water partition coefficient (Wildman–Crippen LogP) is 2.56. The van der Waals surface area contributed by atoms with Crippen LogP contribution in [-0.4, -0.2) is 36.2 Å². The van der Waals surface area contributed by atoms with Crippen LogP contribution in [0.3, 0.4) is 0 Å². The van der Waals surface area contributed by atoms with E-state index in [1.165, 1.54) is 0 Å². The van der Waals surface area contributed by atoms with E-state index in [2.05, 4.69) is 20.6 Å². The fourth-order valence-corrected chi connectivity index (χ4v) is 3.21. The zero-order valence-electron chi connectivity index (χ0n) is 15.2. The number of ether oxygens (including phenoxy) is 1. The zero-order valence-corrected chi connectivity index (χ0v) is 16.0. The first-order valence-electron chi connectivity index (χ1n) is 8.30. The lowest BCUT2D eigenvalue weighted by molar-refractivity contribution is 0.180. The van der Waals surface area contributed by atoms with Gasteiger partial charge in [-0.2, -0.15) is 0 Å². The average Bonchev–Trinajstić information content (AvgIpc) is 2.94. The monoisotopic (exact) mass is 362 g/mol. The number of aryl methyl sites for hydroxylation is 2. The number of hydrogen-bond donors (Lipinski definition) is 3. The molecule has 0 aliphatic carbocycles. The Labute approximate surface area is 153 Å². The maximum absolute atomic E-state index is 10.3. The number of benzene rings is 1. The molecule has 1 aromatic heterocycles.